The summed E-state index contributed by atoms with van der Waals surface area (Å²) in [4.78, 5) is 13.7. The fraction of sp³-hybridized carbons (Fsp3) is 0.0714. The molecular formula is C14H13ClN2O2. The van der Waals surface area contributed by atoms with Gasteiger partial charge in [-0.3, -0.25) is 4.79 Å². The standard InChI is InChI=1S/C14H13ClN2O2/c1-17(10-3-2-4-11(18)8-10)14(19)12-6-5-9(15)7-13(12)16/h2-8,18H,16H2,1H3. The van der Waals surface area contributed by atoms with Gasteiger partial charge in [-0.15, -0.1) is 0 Å². The van der Waals surface area contributed by atoms with Crippen LogP contribution in [-0.2, 0) is 0 Å². The fourth-order valence-corrected chi connectivity index (χ4v) is 1.91. The molecule has 19 heavy (non-hydrogen) atoms. The van der Waals surface area contributed by atoms with E-state index in [1.807, 2.05) is 0 Å². The van der Waals surface area contributed by atoms with Crippen LogP contribution < -0.4 is 10.6 Å². The number of hydrogen-bond acceptors (Lipinski definition) is 3. The number of aromatic hydroxyl groups is 1. The molecule has 0 aromatic heterocycles. The van der Waals surface area contributed by atoms with Crippen LogP contribution in [0, 0.1) is 0 Å². The van der Waals surface area contributed by atoms with Crippen molar-refractivity contribution >= 4 is 28.9 Å². The van der Waals surface area contributed by atoms with E-state index in [9.17, 15) is 9.90 Å². The Morgan fingerprint density at radius 3 is 2.63 bits per heavy atom. The highest BCUT2D eigenvalue weighted by Gasteiger charge is 2.16. The molecule has 0 atom stereocenters. The van der Waals surface area contributed by atoms with Crippen molar-refractivity contribution in [2.24, 2.45) is 0 Å². The zero-order valence-electron chi connectivity index (χ0n) is 10.3. The first kappa shape index (κ1) is 13.2. The van der Waals surface area contributed by atoms with Crippen LogP contribution in [0.2, 0.25) is 5.02 Å². The molecule has 0 bridgehead atoms. The van der Waals surface area contributed by atoms with E-state index in [2.05, 4.69) is 0 Å². The predicted octanol–water partition coefficient (Wildman–Crippen LogP) is 2.90. The lowest BCUT2D eigenvalue weighted by molar-refractivity contribution is 0.0994. The third-order valence-electron chi connectivity index (χ3n) is 2.77. The molecule has 0 aliphatic carbocycles. The Hall–Kier alpha value is -2.20. The van der Waals surface area contributed by atoms with Crippen LogP contribution in [0.25, 0.3) is 0 Å². The van der Waals surface area contributed by atoms with Crippen molar-refractivity contribution in [3.63, 3.8) is 0 Å². The number of nitrogen functional groups attached to an aromatic ring is 1. The first-order chi connectivity index (χ1) is 8.99. The molecule has 2 rings (SSSR count). The number of anilines is 2. The van der Waals surface area contributed by atoms with Crippen molar-refractivity contribution in [2.45, 2.75) is 0 Å². The molecule has 2 aromatic rings. The zero-order valence-corrected chi connectivity index (χ0v) is 11.1. The third-order valence-corrected chi connectivity index (χ3v) is 3.00. The Bertz CT molecular complexity index is 629. The molecule has 1 amide bonds. The minimum atomic E-state index is -0.264. The van der Waals surface area contributed by atoms with Gasteiger partial charge in [0.25, 0.3) is 5.91 Å². The van der Waals surface area contributed by atoms with E-state index in [-0.39, 0.29) is 11.7 Å². The van der Waals surface area contributed by atoms with Gasteiger partial charge in [-0.2, -0.15) is 0 Å². The Labute approximate surface area is 116 Å². The van der Waals surface area contributed by atoms with E-state index in [1.54, 1.807) is 37.4 Å². The molecule has 5 heteroatoms. The Balaban J connectivity index is 2.33. The molecule has 0 aliphatic rings. The molecule has 0 fully saturated rings. The summed E-state index contributed by atoms with van der Waals surface area (Å²) in [6, 6.07) is 11.2. The number of rotatable bonds is 2. The largest absolute Gasteiger partial charge is 0.508 e. The summed E-state index contributed by atoms with van der Waals surface area (Å²) in [7, 11) is 1.62. The van der Waals surface area contributed by atoms with Gasteiger partial charge in [-0.1, -0.05) is 17.7 Å². The highest BCUT2D eigenvalue weighted by atomic mass is 35.5. The number of nitrogens with zero attached hydrogens (tertiary/aromatic N) is 1. The molecule has 0 spiro atoms. The highest BCUT2D eigenvalue weighted by Crippen LogP contribution is 2.24. The Morgan fingerprint density at radius 2 is 2.00 bits per heavy atom. The number of benzene rings is 2. The number of amides is 1. The molecule has 0 saturated heterocycles. The summed E-state index contributed by atoms with van der Waals surface area (Å²) in [5, 5.41) is 9.91. The maximum Gasteiger partial charge on any atom is 0.260 e. The van der Waals surface area contributed by atoms with Crippen molar-refractivity contribution in [1.82, 2.24) is 0 Å². The molecule has 0 unspecified atom stereocenters. The van der Waals surface area contributed by atoms with E-state index in [4.69, 9.17) is 17.3 Å². The smallest absolute Gasteiger partial charge is 0.260 e. The Morgan fingerprint density at radius 1 is 1.26 bits per heavy atom. The van der Waals surface area contributed by atoms with Crippen molar-refractivity contribution in [1.29, 1.82) is 0 Å². The van der Waals surface area contributed by atoms with Gasteiger partial charge < -0.3 is 15.7 Å². The van der Waals surface area contributed by atoms with Crippen LogP contribution in [0.5, 0.6) is 5.75 Å². The summed E-state index contributed by atoms with van der Waals surface area (Å²) in [5.74, 6) is -0.166. The van der Waals surface area contributed by atoms with Gasteiger partial charge in [0, 0.05) is 29.5 Å². The first-order valence-electron chi connectivity index (χ1n) is 5.61. The van der Waals surface area contributed by atoms with Crippen LogP contribution in [0.4, 0.5) is 11.4 Å². The molecule has 3 N–H and O–H groups in total. The van der Waals surface area contributed by atoms with Gasteiger partial charge in [0.1, 0.15) is 5.75 Å². The normalized spacial score (nSPS) is 10.2. The maximum absolute atomic E-state index is 12.3. The van der Waals surface area contributed by atoms with Gasteiger partial charge >= 0.3 is 0 Å². The van der Waals surface area contributed by atoms with E-state index in [0.29, 0.717) is 22.0 Å². The number of phenols is 1. The van der Waals surface area contributed by atoms with Crippen LogP contribution >= 0.6 is 11.6 Å². The summed E-state index contributed by atoms with van der Waals surface area (Å²) in [6.45, 7) is 0. The van der Waals surface area contributed by atoms with Crippen molar-refractivity contribution < 1.29 is 9.90 Å². The van der Waals surface area contributed by atoms with Crippen LogP contribution in [-0.4, -0.2) is 18.1 Å². The highest BCUT2D eigenvalue weighted by molar-refractivity contribution is 6.31. The molecule has 0 heterocycles. The van der Waals surface area contributed by atoms with E-state index < -0.39 is 0 Å². The zero-order chi connectivity index (χ0) is 14.0. The topological polar surface area (TPSA) is 66.6 Å². The number of halogens is 1. The molecule has 98 valence electrons. The fourth-order valence-electron chi connectivity index (χ4n) is 1.73. The van der Waals surface area contributed by atoms with Gasteiger partial charge in [0.2, 0.25) is 0 Å². The van der Waals surface area contributed by atoms with Gasteiger partial charge in [0.05, 0.1) is 5.56 Å². The molecular weight excluding hydrogens is 264 g/mol. The van der Waals surface area contributed by atoms with Crippen LogP contribution in [0.3, 0.4) is 0 Å². The number of phenolic OH excluding ortho intramolecular Hbond substituents is 1. The van der Waals surface area contributed by atoms with E-state index >= 15 is 0 Å². The maximum atomic E-state index is 12.3. The average Bonchev–Trinajstić information content (AvgIpc) is 2.37. The third kappa shape index (κ3) is 2.80. The summed E-state index contributed by atoms with van der Waals surface area (Å²) < 4.78 is 0. The number of nitrogens with two attached hydrogens (primary N) is 1. The number of carbonyl (C=O) groups is 1. The van der Waals surface area contributed by atoms with Crippen molar-refractivity contribution in [3.05, 3.63) is 53.1 Å². The quantitative estimate of drug-likeness (QED) is 0.829. The number of carbonyl (C=O) groups excluding carboxylic acids is 1. The second-order valence-corrected chi connectivity index (χ2v) is 4.55. The number of hydrogen-bond donors (Lipinski definition) is 2. The van der Waals surface area contributed by atoms with Gasteiger partial charge in [-0.25, -0.2) is 0 Å². The Kier molecular flexibility index (Phi) is 3.62. The van der Waals surface area contributed by atoms with Crippen LogP contribution in [0.15, 0.2) is 42.5 Å². The van der Waals surface area contributed by atoms with Crippen LogP contribution in [0.1, 0.15) is 10.4 Å². The lowest BCUT2D eigenvalue weighted by Crippen LogP contribution is -2.26. The van der Waals surface area contributed by atoms with Crippen molar-refractivity contribution in [2.75, 3.05) is 17.7 Å². The minimum absolute atomic E-state index is 0.0984. The van der Waals surface area contributed by atoms with Gasteiger partial charge in [-0.05, 0) is 30.3 Å². The summed E-state index contributed by atoms with van der Waals surface area (Å²) >= 11 is 5.80. The first-order valence-corrected chi connectivity index (χ1v) is 5.99. The predicted molar refractivity (Wildman–Crippen MR) is 76.7 cm³/mol. The molecule has 2 aromatic carbocycles. The average molecular weight is 277 g/mol. The molecule has 0 saturated carbocycles. The van der Waals surface area contributed by atoms with Gasteiger partial charge in [0.15, 0.2) is 0 Å². The lowest BCUT2D eigenvalue weighted by Gasteiger charge is -2.18. The monoisotopic (exact) mass is 276 g/mol. The van der Waals surface area contributed by atoms with E-state index in [0.717, 1.165) is 0 Å². The second kappa shape index (κ2) is 5.20. The second-order valence-electron chi connectivity index (χ2n) is 4.12. The lowest BCUT2D eigenvalue weighted by atomic mass is 10.1. The molecule has 0 aliphatic heterocycles. The molecule has 0 radical (unpaired) electrons. The summed E-state index contributed by atoms with van der Waals surface area (Å²) in [5.41, 5.74) is 7.06. The molecule has 4 nitrogen and oxygen atoms in total. The van der Waals surface area contributed by atoms with E-state index in [1.165, 1.54) is 17.0 Å². The summed E-state index contributed by atoms with van der Waals surface area (Å²) in [6.07, 6.45) is 0. The minimum Gasteiger partial charge on any atom is -0.508 e. The van der Waals surface area contributed by atoms with Crippen molar-refractivity contribution in [3.8, 4) is 5.75 Å². The SMILES string of the molecule is CN(C(=O)c1ccc(Cl)cc1N)c1cccc(O)c1.